The second-order valence-corrected chi connectivity index (χ2v) is 13.1. The molecule has 4 atom stereocenters. The average Bonchev–Trinajstić information content (AvgIpc) is 3.81. The van der Waals surface area contributed by atoms with Crippen molar-refractivity contribution >= 4 is 17.5 Å². The van der Waals surface area contributed by atoms with Crippen LogP contribution in [0.25, 0.3) is 0 Å². The van der Waals surface area contributed by atoms with Gasteiger partial charge in [-0.3, -0.25) is 9.59 Å². The SMILES string of the molecule is O=C1C(CC[C@H](O)c2ccc(F)cc2)C(c2ccc(CCC3(OCC(=O)N4CCC[C@H]4c4nn[nH]n4)COC3)cc2)N1c1ccc(F)cc1. The van der Waals surface area contributed by atoms with Crippen LogP contribution in [-0.2, 0) is 25.5 Å². The molecule has 11 nitrogen and oxygen atoms in total. The number of likely N-dealkylation sites (tertiary alicyclic amines) is 1. The smallest absolute Gasteiger partial charge is 0.249 e. The highest BCUT2D eigenvalue weighted by Crippen LogP contribution is 2.46. The molecular formula is C36H38F2N6O5. The van der Waals surface area contributed by atoms with Crippen LogP contribution in [0.4, 0.5) is 14.5 Å². The van der Waals surface area contributed by atoms with Gasteiger partial charge in [-0.15, -0.1) is 10.2 Å². The number of aryl methyl sites for hydroxylation is 1. The number of carbonyl (C=O) groups excluding carboxylic acids is 2. The monoisotopic (exact) mass is 672 g/mol. The number of aromatic nitrogens is 4. The molecule has 49 heavy (non-hydrogen) atoms. The minimum absolute atomic E-state index is 0.0528. The van der Waals surface area contributed by atoms with Gasteiger partial charge in [0.05, 0.1) is 37.3 Å². The number of benzene rings is 3. The lowest BCUT2D eigenvalue weighted by Crippen LogP contribution is -2.55. The maximum Gasteiger partial charge on any atom is 0.249 e. The second-order valence-electron chi connectivity index (χ2n) is 13.1. The fraction of sp³-hybridized carbons (Fsp3) is 0.417. The van der Waals surface area contributed by atoms with Crippen LogP contribution in [0, 0.1) is 17.6 Å². The molecule has 3 fully saturated rings. The third kappa shape index (κ3) is 6.96. The van der Waals surface area contributed by atoms with Crippen LogP contribution < -0.4 is 4.90 Å². The van der Waals surface area contributed by atoms with Crippen LogP contribution in [0.15, 0.2) is 72.8 Å². The number of tetrazole rings is 1. The molecule has 2 N–H and O–H groups in total. The molecule has 0 radical (unpaired) electrons. The summed E-state index contributed by atoms with van der Waals surface area (Å²) in [7, 11) is 0. The molecule has 0 spiro atoms. The van der Waals surface area contributed by atoms with E-state index in [1.165, 1.54) is 24.3 Å². The van der Waals surface area contributed by atoms with Crippen molar-refractivity contribution in [3.63, 3.8) is 0 Å². The maximum absolute atomic E-state index is 13.7. The van der Waals surface area contributed by atoms with E-state index in [-0.39, 0.29) is 48.1 Å². The zero-order valence-corrected chi connectivity index (χ0v) is 26.9. The van der Waals surface area contributed by atoms with Gasteiger partial charge in [0.2, 0.25) is 11.8 Å². The van der Waals surface area contributed by atoms with Gasteiger partial charge in [0.1, 0.15) is 23.8 Å². The predicted octanol–water partition coefficient (Wildman–Crippen LogP) is 4.78. The summed E-state index contributed by atoms with van der Waals surface area (Å²) in [5.74, 6) is -0.842. The zero-order valence-electron chi connectivity index (χ0n) is 26.9. The first-order valence-electron chi connectivity index (χ1n) is 16.7. The van der Waals surface area contributed by atoms with Gasteiger partial charge in [-0.1, -0.05) is 41.6 Å². The molecule has 0 saturated carbocycles. The summed E-state index contributed by atoms with van der Waals surface area (Å²) in [6, 6.07) is 19.1. The normalized spacial score (nSPS) is 22.1. The lowest BCUT2D eigenvalue weighted by molar-refractivity contribution is -0.214. The zero-order chi connectivity index (χ0) is 34.0. The van der Waals surface area contributed by atoms with Crippen molar-refractivity contribution in [3.05, 3.63) is 107 Å². The van der Waals surface area contributed by atoms with Crippen molar-refractivity contribution in [2.75, 3.05) is 31.3 Å². The lowest BCUT2D eigenvalue weighted by Gasteiger charge is -2.48. The number of nitrogens with one attached hydrogen (secondary N) is 1. The summed E-state index contributed by atoms with van der Waals surface area (Å²) in [6.45, 7) is 1.39. The van der Waals surface area contributed by atoms with E-state index in [4.69, 9.17) is 9.47 Å². The Balaban J connectivity index is 0.990. The van der Waals surface area contributed by atoms with Gasteiger partial charge >= 0.3 is 0 Å². The van der Waals surface area contributed by atoms with Crippen molar-refractivity contribution in [1.29, 1.82) is 0 Å². The highest BCUT2D eigenvalue weighted by atomic mass is 19.1. The number of H-pyrrole nitrogens is 1. The molecule has 256 valence electrons. The van der Waals surface area contributed by atoms with E-state index in [1.54, 1.807) is 34.1 Å². The standard InChI is InChI=1S/C36H38F2N6O5/c37-26-9-7-24(8-10-26)31(45)16-15-29-33(44(35(29)47)28-13-11-27(38)12-14-28)25-5-3-23(4-6-25)17-18-36(21-48-22-36)49-20-32(46)43-19-1-2-30(43)34-39-41-42-40-34/h3-14,29-31,33,45H,1-2,15-22H2,(H,39,40,41,42)/t29?,30-,31-,33?/m0/s1. The minimum Gasteiger partial charge on any atom is -0.388 e. The summed E-state index contributed by atoms with van der Waals surface area (Å²) >= 11 is 0. The first-order chi connectivity index (χ1) is 23.8. The third-order valence-electron chi connectivity index (χ3n) is 9.98. The number of carbonyl (C=O) groups is 2. The van der Waals surface area contributed by atoms with E-state index >= 15 is 0 Å². The van der Waals surface area contributed by atoms with Crippen LogP contribution in [0.3, 0.4) is 0 Å². The molecule has 3 saturated heterocycles. The van der Waals surface area contributed by atoms with Gasteiger partial charge in [-0.25, -0.2) is 8.78 Å². The number of hydrogen-bond acceptors (Lipinski definition) is 8. The fourth-order valence-electron chi connectivity index (χ4n) is 7.12. The minimum atomic E-state index is -0.834. The van der Waals surface area contributed by atoms with Crippen LogP contribution in [0.2, 0.25) is 0 Å². The Bertz CT molecular complexity index is 1740. The first-order valence-corrected chi connectivity index (χ1v) is 16.7. The van der Waals surface area contributed by atoms with Crippen LogP contribution in [0.1, 0.15) is 72.8 Å². The Labute approximate surface area is 282 Å². The number of nitrogens with zero attached hydrogens (tertiary/aromatic N) is 5. The van der Waals surface area contributed by atoms with Crippen molar-refractivity contribution in [2.24, 2.45) is 5.92 Å². The summed E-state index contributed by atoms with van der Waals surface area (Å²) in [4.78, 5) is 30.0. The Hall–Kier alpha value is -4.59. The van der Waals surface area contributed by atoms with Crippen molar-refractivity contribution in [3.8, 4) is 0 Å². The van der Waals surface area contributed by atoms with E-state index in [0.717, 1.165) is 24.0 Å². The Kier molecular flexibility index (Phi) is 9.48. The van der Waals surface area contributed by atoms with Gasteiger partial charge in [0.25, 0.3) is 0 Å². The molecule has 0 aliphatic carbocycles. The predicted molar refractivity (Wildman–Crippen MR) is 173 cm³/mol. The largest absolute Gasteiger partial charge is 0.388 e. The van der Waals surface area contributed by atoms with Crippen molar-refractivity contribution < 1.29 is 33.0 Å². The van der Waals surface area contributed by atoms with E-state index in [1.807, 2.05) is 24.3 Å². The number of hydrogen-bond donors (Lipinski definition) is 2. The number of rotatable bonds is 13. The van der Waals surface area contributed by atoms with Crippen LogP contribution >= 0.6 is 0 Å². The van der Waals surface area contributed by atoms with Gasteiger partial charge in [-0.05, 0) is 91.6 Å². The lowest BCUT2D eigenvalue weighted by atomic mass is 9.78. The molecule has 4 aromatic rings. The van der Waals surface area contributed by atoms with Crippen molar-refractivity contribution in [2.45, 2.75) is 62.3 Å². The highest BCUT2D eigenvalue weighted by molar-refractivity contribution is 6.03. The summed E-state index contributed by atoms with van der Waals surface area (Å²) in [6.07, 6.45) is 2.94. The molecule has 2 unspecified atom stereocenters. The third-order valence-corrected chi connectivity index (χ3v) is 9.98. The number of aliphatic hydroxyl groups is 1. The summed E-state index contributed by atoms with van der Waals surface area (Å²) < 4.78 is 38.8. The summed E-state index contributed by atoms with van der Waals surface area (Å²) in [5.41, 5.74) is 2.65. The topological polar surface area (TPSA) is 134 Å². The number of amides is 2. The number of ether oxygens (including phenoxy) is 2. The van der Waals surface area contributed by atoms with E-state index in [9.17, 15) is 23.5 Å². The fourth-order valence-corrected chi connectivity index (χ4v) is 7.12. The molecule has 4 heterocycles. The average molecular weight is 673 g/mol. The molecule has 3 aromatic carbocycles. The van der Waals surface area contributed by atoms with Crippen molar-refractivity contribution in [1.82, 2.24) is 25.5 Å². The number of halogens is 2. The molecule has 3 aliphatic heterocycles. The Morgan fingerprint density at radius 1 is 1.04 bits per heavy atom. The number of β-lactam (4-membered cyclic amide) rings is 1. The van der Waals surface area contributed by atoms with E-state index < -0.39 is 11.7 Å². The van der Waals surface area contributed by atoms with E-state index in [0.29, 0.717) is 62.5 Å². The van der Waals surface area contributed by atoms with Crippen LogP contribution in [-0.4, -0.2) is 74.4 Å². The Morgan fingerprint density at radius 3 is 2.41 bits per heavy atom. The van der Waals surface area contributed by atoms with Gasteiger partial charge in [-0.2, -0.15) is 5.21 Å². The second kappa shape index (κ2) is 14.1. The molecule has 7 rings (SSSR count). The van der Waals surface area contributed by atoms with Gasteiger partial charge in [0, 0.05) is 12.2 Å². The number of aromatic amines is 1. The molecule has 0 bridgehead atoms. The number of aliphatic hydroxyl groups excluding tert-OH is 1. The van der Waals surface area contributed by atoms with Crippen LogP contribution in [0.5, 0.6) is 0 Å². The van der Waals surface area contributed by atoms with Gasteiger partial charge < -0.3 is 24.4 Å². The summed E-state index contributed by atoms with van der Waals surface area (Å²) in [5, 5.41) is 25.0. The molecule has 13 heteroatoms. The molecule has 3 aliphatic rings. The number of anilines is 1. The quantitative estimate of drug-likeness (QED) is 0.194. The highest BCUT2D eigenvalue weighted by Gasteiger charge is 2.48. The maximum atomic E-state index is 13.7. The molecule has 2 amide bonds. The molecular weight excluding hydrogens is 634 g/mol. The van der Waals surface area contributed by atoms with Gasteiger partial charge in [0.15, 0.2) is 5.82 Å². The Morgan fingerprint density at radius 2 is 1.76 bits per heavy atom. The van der Waals surface area contributed by atoms with E-state index in [2.05, 4.69) is 20.6 Å². The first kappa shape index (κ1) is 32.9. The molecule has 1 aromatic heterocycles.